The summed E-state index contributed by atoms with van der Waals surface area (Å²) in [7, 11) is 1.35. The molecule has 1 aliphatic carbocycles. The zero-order chi connectivity index (χ0) is 14.4. The average Bonchev–Trinajstić information content (AvgIpc) is 3.08. The smallest absolute Gasteiger partial charge is 0.311 e. The highest BCUT2D eigenvalue weighted by molar-refractivity contribution is 7.13. The zero-order valence-electron chi connectivity index (χ0n) is 11.7. The minimum Gasteiger partial charge on any atom is -0.469 e. The fourth-order valence-electron chi connectivity index (χ4n) is 2.48. The van der Waals surface area contributed by atoms with Gasteiger partial charge in [-0.15, -0.1) is 11.3 Å². The van der Waals surface area contributed by atoms with E-state index in [-0.39, 0.29) is 18.3 Å². The molecule has 110 valence electrons. The molecule has 1 aromatic heterocycles. The third-order valence-corrected chi connectivity index (χ3v) is 4.41. The molecular formula is C14H20N2O3S. The quantitative estimate of drug-likeness (QED) is 0.820. The molecule has 6 heteroatoms. The van der Waals surface area contributed by atoms with Crippen LogP contribution in [0.5, 0.6) is 0 Å². The van der Waals surface area contributed by atoms with Gasteiger partial charge in [0.15, 0.2) is 5.13 Å². The summed E-state index contributed by atoms with van der Waals surface area (Å²) >= 11 is 1.34. The van der Waals surface area contributed by atoms with E-state index in [0.717, 1.165) is 6.42 Å². The Bertz CT molecular complexity index is 467. The molecule has 2 rings (SSSR count). The fourth-order valence-corrected chi connectivity index (χ4v) is 3.21. The molecule has 1 fully saturated rings. The van der Waals surface area contributed by atoms with E-state index in [1.807, 2.05) is 0 Å². The van der Waals surface area contributed by atoms with E-state index in [9.17, 15) is 9.59 Å². The average molecular weight is 296 g/mol. The van der Waals surface area contributed by atoms with Crippen LogP contribution in [0.2, 0.25) is 0 Å². The van der Waals surface area contributed by atoms with Crippen molar-refractivity contribution in [2.45, 2.75) is 44.9 Å². The standard InChI is InChI=1S/C14H20N2O3S/c1-19-13(18)8-11-9-20-14(15-11)16-12(17)7-6-10-4-2-3-5-10/h9-10H,2-8H2,1H3,(H,15,16,17). The molecule has 20 heavy (non-hydrogen) atoms. The summed E-state index contributed by atoms with van der Waals surface area (Å²) < 4.78 is 4.58. The van der Waals surface area contributed by atoms with Gasteiger partial charge in [-0.05, 0) is 12.3 Å². The number of nitrogens with one attached hydrogen (secondary N) is 1. The van der Waals surface area contributed by atoms with Crippen LogP contribution in [0.4, 0.5) is 5.13 Å². The van der Waals surface area contributed by atoms with Gasteiger partial charge in [-0.1, -0.05) is 25.7 Å². The predicted octanol–water partition coefficient (Wildman–Crippen LogP) is 2.77. The number of methoxy groups -OCH3 is 1. The van der Waals surface area contributed by atoms with Crippen LogP contribution in [-0.4, -0.2) is 24.0 Å². The van der Waals surface area contributed by atoms with E-state index in [2.05, 4.69) is 15.0 Å². The van der Waals surface area contributed by atoms with Crippen LogP contribution < -0.4 is 5.32 Å². The van der Waals surface area contributed by atoms with Gasteiger partial charge in [0.05, 0.1) is 19.2 Å². The van der Waals surface area contributed by atoms with Crippen LogP contribution in [0.25, 0.3) is 0 Å². The number of amides is 1. The molecule has 1 heterocycles. The van der Waals surface area contributed by atoms with Crippen molar-refractivity contribution in [2.75, 3.05) is 12.4 Å². The molecule has 1 amide bonds. The molecule has 0 radical (unpaired) electrons. The highest BCUT2D eigenvalue weighted by Crippen LogP contribution is 2.28. The van der Waals surface area contributed by atoms with Crippen LogP contribution in [0, 0.1) is 5.92 Å². The second kappa shape index (κ2) is 7.38. The van der Waals surface area contributed by atoms with Crippen LogP contribution in [0.15, 0.2) is 5.38 Å². The van der Waals surface area contributed by atoms with Gasteiger partial charge in [-0.25, -0.2) is 4.98 Å². The highest BCUT2D eigenvalue weighted by Gasteiger charge is 2.16. The lowest BCUT2D eigenvalue weighted by molar-refractivity contribution is -0.139. The molecule has 0 bridgehead atoms. The molecule has 0 atom stereocenters. The van der Waals surface area contributed by atoms with Gasteiger partial charge in [0.25, 0.3) is 0 Å². The Morgan fingerprint density at radius 3 is 2.90 bits per heavy atom. The summed E-state index contributed by atoms with van der Waals surface area (Å²) in [6, 6.07) is 0. The van der Waals surface area contributed by atoms with Gasteiger partial charge < -0.3 is 10.1 Å². The molecule has 0 aromatic carbocycles. The number of aromatic nitrogens is 1. The lowest BCUT2D eigenvalue weighted by Crippen LogP contribution is -2.13. The monoisotopic (exact) mass is 296 g/mol. The van der Waals surface area contributed by atoms with Crippen LogP contribution >= 0.6 is 11.3 Å². The first-order chi connectivity index (χ1) is 9.67. The molecule has 0 saturated heterocycles. The maximum Gasteiger partial charge on any atom is 0.311 e. The number of hydrogen-bond donors (Lipinski definition) is 1. The minimum atomic E-state index is -0.325. The summed E-state index contributed by atoms with van der Waals surface area (Å²) in [6.45, 7) is 0. The second-order valence-electron chi connectivity index (χ2n) is 5.13. The normalized spacial score (nSPS) is 15.2. The van der Waals surface area contributed by atoms with Crippen LogP contribution in [0.3, 0.4) is 0 Å². The van der Waals surface area contributed by atoms with E-state index in [1.165, 1.54) is 44.1 Å². The van der Waals surface area contributed by atoms with E-state index >= 15 is 0 Å². The maximum atomic E-state index is 11.8. The summed E-state index contributed by atoms with van der Waals surface area (Å²) in [5, 5.41) is 5.12. The largest absolute Gasteiger partial charge is 0.469 e. The Morgan fingerprint density at radius 2 is 2.20 bits per heavy atom. The van der Waals surface area contributed by atoms with E-state index in [0.29, 0.717) is 23.2 Å². The molecule has 1 saturated carbocycles. The third-order valence-electron chi connectivity index (χ3n) is 3.61. The zero-order valence-corrected chi connectivity index (χ0v) is 12.5. The number of carbonyl (C=O) groups is 2. The first-order valence-electron chi connectivity index (χ1n) is 6.98. The molecular weight excluding hydrogens is 276 g/mol. The van der Waals surface area contributed by atoms with Crippen molar-refractivity contribution in [3.8, 4) is 0 Å². The van der Waals surface area contributed by atoms with Crippen molar-refractivity contribution in [2.24, 2.45) is 5.92 Å². The molecule has 1 aliphatic rings. The first-order valence-corrected chi connectivity index (χ1v) is 7.86. The van der Waals surface area contributed by atoms with Gasteiger partial charge in [0, 0.05) is 11.8 Å². The molecule has 5 nitrogen and oxygen atoms in total. The third kappa shape index (κ3) is 4.59. The Balaban J connectivity index is 1.74. The van der Waals surface area contributed by atoms with E-state index in [1.54, 1.807) is 5.38 Å². The second-order valence-corrected chi connectivity index (χ2v) is 5.99. The number of anilines is 1. The van der Waals surface area contributed by atoms with Crippen molar-refractivity contribution in [1.82, 2.24) is 4.98 Å². The number of rotatable bonds is 6. The minimum absolute atomic E-state index is 0.0101. The van der Waals surface area contributed by atoms with Gasteiger partial charge >= 0.3 is 5.97 Å². The Morgan fingerprint density at radius 1 is 1.45 bits per heavy atom. The number of nitrogens with zero attached hydrogens (tertiary/aromatic N) is 1. The van der Waals surface area contributed by atoms with Gasteiger partial charge in [-0.2, -0.15) is 0 Å². The Kier molecular flexibility index (Phi) is 5.52. The summed E-state index contributed by atoms with van der Waals surface area (Å²) in [4.78, 5) is 27.1. The lowest BCUT2D eigenvalue weighted by Gasteiger charge is -2.07. The van der Waals surface area contributed by atoms with Gasteiger partial charge in [-0.3, -0.25) is 9.59 Å². The summed E-state index contributed by atoms with van der Waals surface area (Å²) in [6.07, 6.45) is 6.78. The summed E-state index contributed by atoms with van der Waals surface area (Å²) in [5.41, 5.74) is 0.632. The Labute approximate surface area is 122 Å². The van der Waals surface area contributed by atoms with Crippen LogP contribution in [-0.2, 0) is 20.7 Å². The maximum absolute atomic E-state index is 11.8. The Hall–Kier alpha value is -1.43. The number of hydrogen-bond acceptors (Lipinski definition) is 5. The molecule has 1 aromatic rings. The predicted molar refractivity (Wildman–Crippen MR) is 77.7 cm³/mol. The van der Waals surface area contributed by atoms with Gasteiger partial charge in [0.2, 0.25) is 5.91 Å². The van der Waals surface area contributed by atoms with Crippen LogP contribution in [0.1, 0.15) is 44.2 Å². The molecule has 0 aliphatic heterocycles. The van der Waals surface area contributed by atoms with Crippen molar-refractivity contribution in [3.63, 3.8) is 0 Å². The van der Waals surface area contributed by atoms with E-state index in [4.69, 9.17) is 0 Å². The van der Waals surface area contributed by atoms with Gasteiger partial charge in [0.1, 0.15) is 0 Å². The van der Waals surface area contributed by atoms with Crippen molar-refractivity contribution in [3.05, 3.63) is 11.1 Å². The highest BCUT2D eigenvalue weighted by atomic mass is 32.1. The SMILES string of the molecule is COC(=O)Cc1csc(NC(=O)CCC2CCCC2)n1. The summed E-state index contributed by atoms with van der Waals surface area (Å²) in [5.74, 6) is 0.400. The van der Waals surface area contributed by atoms with Crippen molar-refractivity contribution < 1.29 is 14.3 Å². The molecule has 0 unspecified atom stereocenters. The number of thiazole rings is 1. The fraction of sp³-hybridized carbons (Fsp3) is 0.643. The first kappa shape index (κ1) is 15.0. The van der Waals surface area contributed by atoms with Crippen molar-refractivity contribution in [1.29, 1.82) is 0 Å². The topological polar surface area (TPSA) is 68.3 Å². The van der Waals surface area contributed by atoms with Crippen molar-refractivity contribution >= 4 is 28.3 Å². The molecule has 0 spiro atoms. The number of carbonyl (C=O) groups excluding carboxylic acids is 2. The van der Waals surface area contributed by atoms with E-state index < -0.39 is 0 Å². The number of esters is 1. The molecule has 1 N–H and O–H groups in total. The number of ether oxygens (including phenoxy) is 1. The lowest BCUT2D eigenvalue weighted by atomic mass is 10.0.